The van der Waals surface area contributed by atoms with Crippen molar-refractivity contribution in [2.24, 2.45) is 23.3 Å². The minimum atomic E-state index is -0.574. The van der Waals surface area contributed by atoms with E-state index in [4.69, 9.17) is 11.5 Å². The fraction of sp³-hybridized carbons (Fsp3) is 0.433. The van der Waals surface area contributed by atoms with Gasteiger partial charge in [0.1, 0.15) is 5.75 Å². The lowest BCUT2D eigenvalue weighted by Crippen LogP contribution is -2.54. The van der Waals surface area contributed by atoms with Crippen LogP contribution in [0, 0.1) is 11.8 Å². The van der Waals surface area contributed by atoms with Gasteiger partial charge in [-0.25, -0.2) is 0 Å². The zero-order valence-corrected chi connectivity index (χ0v) is 21.4. The van der Waals surface area contributed by atoms with E-state index in [1.54, 1.807) is 30.5 Å². The molecule has 0 radical (unpaired) electrons. The minimum Gasteiger partial charge on any atom is -0.507 e. The maximum absolute atomic E-state index is 14.0. The molecule has 2 aromatic rings. The molecule has 2 saturated heterocycles. The molecule has 7 heteroatoms. The largest absolute Gasteiger partial charge is 0.507 e. The Morgan fingerprint density at radius 2 is 1.73 bits per heavy atom. The highest BCUT2D eigenvalue weighted by molar-refractivity contribution is 5.88. The van der Waals surface area contributed by atoms with E-state index in [-0.39, 0.29) is 17.7 Å². The van der Waals surface area contributed by atoms with Crippen molar-refractivity contribution in [3.8, 4) is 5.75 Å². The molecule has 7 nitrogen and oxygen atoms in total. The summed E-state index contributed by atoms with van der Waals surface area (Å²) in [6, 6.07) is 17.5. The number of para-hydroxylation sites is 1. The molecule has 1 amide bonds. The van der Waals surface area contributed by atoms with Gasteiger partial charge in [0.15, 0.2) is 0 Å². The van der Waals surface area contributed by atoms with Gasteiger partial charge >= 0.3 is 0 Å². The number of amides is 1. The van der Waals surface area contributed by atoms with Gasteiger partial charge in [0.2, 0.25) is 5.91 Å². The lowest BCUT2D eigenvalue weighted by Gasteiger charge is -2.43. The monoisotopic (exact) mass is 501 g/mol. The number of phenolic OH excluding ortho intramolecular Hbond substituents is 1. The normalized spacial score (nSPS) is 25.9. The van der Waals surface area contributed by atoms with Crippen LogP contribution in [-0.4, -0.2) is 48.1 Å². The molecule has 3 atom stereocenters. The van der Waals surface area contributed by atoms with Crippen LogP contribution in [0.1, 0.15) is 43.2 Å². The van der Waals surface area contributed by atoms with Gasteiger partial charge in [-0.1, -0.05) is 42.5 Å². The highest BCUT2D eigenvalue weighted by atomic mass is 16.3. The van der Waals surface area contributed by atoms with Crippen LogP contribution in [0.25, 0.3) is 5.70 Å². The van der Waals surface area contributed by atoms with E-state index in [0.717, 1.165) is 43.1 Å². The molecule has 3 unspecified atom stereocenters. The van der Waals surface area contributed by atoms with Crippen molar-refractivity contribution in [3.05, 3.63) is 83.7 Å². The summed E-state index contributed by atoms with van der Waals surface area (Å²) in [7, 11) is 0. The predicted molar refractivity (Wildman–Crippen MR) is 147 cm³/mol. The van der Waals surface area contributed by atoms with E-state index in [0.29, 0.717) is 43.1 Å². The Balaban J connectivity index is 1.32. The summed E-state index contributed by atoms with van der Waals surface area (Å²) in [5.41, 5.74) is 14.7. The fourth-order valence-electron chi connectivity index (χ4n) is 6.50. The van der Waals surface area contributed by atoms with E-state index >= 15 is 0 Å². The van der Waals surface area contributed by atoms with E-state index in [1.807, 2.05) is 24.3 Å². The predicted octanol–water partition coefficient (Wildman–Crippen LogP) is 3.03. The van der Waals surface area contributed by atoms with Crippen molar-refractivity contribution >= 4 is 11.6 Å². The lowest BCUT2D eigenvalue weighted by atomic mass is 9.71. The number of aromatic hydroxyl groups is 1. The van der Waals surface area contributed by atoms with Crippen LogP contribution in [0.4, 0.5) is 0 Å². The van der Waals surface area contributed by atoms with Crippen LogP contribution in [-0.2, 0) is 10.2 Å². The number of phenols is 1. The molecule has 5 rings (SSSR count). The fourth-order valence-corrected chi connectivity index (χ4v) is 6.50. The van der Waals surface area contributed by atoms with E-state index in [1.165, 1.54) is 6.42 Å². The number of rotatable bonds is 6. The topological polar surface area (TPSA) is 117 Å². The Kier molecular flexibility index (Phi) is 7.42. The number of nitrogens with zero attached hydrogens (tertiary/aromatic N) is 1. The van der Waals surface area contributed by atoms with Gasteiger partial charge < -0.3 is 32.1 Å². The summed E-state index contributed by atoms with van der Waals surface area (Å²) in [4.78, 5) is 16.2. The second-order valence-electron chi connectivity index (χ2n) is 10.8. The summed E-state index contributed by atoms with van der Waals surface area (Å²) < 4.78 is 0. The van der Waals surface area contributed by atoms with Gasteiger partial charge in [0.05, 0.1) is 11.1 Å². The first-order chi connectivity index (χ1) is 18.0. The molecule has 2 heterocycles. The molecule has 196 valence electrons. The third-order valence-electron chi connectivity index (χ3n) is 8.72. The van der Waals surface area contributed by atoms with Crippen LogP contribution in [0.3, 0.4) is 0 Å². The van der Waals surface area contributed by atoms with Gasteiger partial charge in [0.25, 0.3) is 0 Å². The van der Waals surface area contributed by atoms with Gasteiger partial charge in [-0.3, -0.25) is 4.79 Å². The lowest BCUT2D eigenvalue weighted by molar-refractivity contribution is -0.129. The highest BCUT2D eigenvalue weighted by Crippen LogP contribution is 2.39. The van der Waals surface area contributed by atoms with E-state index < -0.39 is 5.41 Å². The van der Waals surface area contributed by atoms with Crippen molar-refractivity contribution < 1.29 is 9.90 Å². The molecule has 0 spiro atoms. The number of nitrogens with one attached hydrogen (secondary N) is 2. The van der Waals surface area contributed by atoms with Gasteiger partial charge in [-0.15, -0.1) is 0 Å². The Morgan fingerprint density at radius 3 is 2.46 bits per heavy atom. The number of hydrogen-bond donors (Lipinski definition) is 5. The maximum Gasteiger partial charge on any atom is 0.231 e. The van der Waals surface area contributed by atoms with Crippen LogP contribution in [0.15, 0.2) is 72.6 Å². The zero-order chi connectivity index (χ0) is 25.8. The van der Waals surface area contributed by atoms with Crippen molar-refractivity contribution in [2.75, 3.05) is 26.2 Å². The summed E-state index contributed by atoms with van der Waals surface area (Å²) in [6.45, 7) is 3.54. The zero-order valence-electron chi connectivity index (χ0n) is 21.4. The summed E-state index contributed by atoms with van der Waals surface area (Å²) >= 11 is 0. The molecule has 7 N–H and O–H groups in total. The molecular formula is C30H39N5O2. The summed E-state index contributed by atoms with van der Waals surface area (Å²) in [5, 5.41) is 17.2. The first-order valence-electron chi connectivity index (χ1n) is 13.5. The molecule has 1 aliphatic carbocycles. The van der Waals surface area contributed by atoms with E-state index in [9.17, 15) is 9.90 Å². The standard InChI is InChI=1S/C30H39N5O2/c31-18-25(17-27(32)26-8-4-5-9-28(26)36)35-14-12-30(13-15-35,23-6-2-1-3-7-23)29(37)34-24-11-10-21-19-33-20-22(21)16-24/h1-9,17-18,21-22,24,33,36H,10-16,19-20,31-32H2,(H,34,37)/b25-18+,27-17-. The number of carbonyl (C=O) groups excluding carboxylic acids is 1. The third kappa shape index (κ3) is 5.18. The Labute approximate surface area is 219 Å². The van der Waals surface area contributed by atoms with Crippen LogP contribution >= 0.6 is 0 Å². The molecular weight excluding hydrogens is 462 g/mol. The first-order valence-corrected chi connectivity index (χ1v) is 13.5. The number of piperidine rings is 1. The SMILES string of the molecule is N/C=C(\C=C(/N)c1ccccc1O)N1CCC(C(=O)NC2CCC3CNCC3C2)(c2ccccc2)CC1. The van der Waals surface area contributed by atoms with Gasteiger partial charge in [-0.2, -0.15) is 0 Å². The smallest absolute Gasteiger partial charge is 0.231 e. The van der Waals surface area contributed by atoms with Crippen molar-refractivity contribution in [1.82, 2.24) is 15.5 Å². The summed E-state index contributed by atoms with van der Waals surface area (Å²) in [5.74, 6) is 1.72. The molecule has 3 aliphatic rings. The summed E-state index contributed by atoms with van der Waals surface area (Å²) in [6.07, 6.45) is 8.04. The molecule has 0 aromatic heterocycles. The molecule has 37 heavy (non-hydrogen) atoms. The van der Waals surface area contributed by atoms with E-state index in [2.05, 4.69) is 27.7 Å². The molecule has 1 saturated carbocycles. The van der Waals surface area contributed by atoms with Crippen molar-refractivity contribution in [2.45, 2.75) is 43.6 Å². The molecule has 3 fully saturated rings. The first kappa shape index (κ1) is 25.2. The number of nitrogens with two attached hydrogens (primary N) is 2. The van der Waals surface area contributed by atoms with Gasteiger partial charge in [0, 0.05) is 36.6 Å². The van der Waals surface area contributed by atoms with Crippen molar-refractivity contribution in [3.63, 3.8) is 0 Å². The Bertz CT molecular complexity index is 1150. The van der Waals surface area contributed by atoms with Crippen LogP contribution < -0.4 is 22.1 Å². The number of hydrogen-bond acceptors (Lipinski definition) is 6. The number of likely N-dealkylation sites (tertiary alicyclic amines) is 1. The molecule has 2 aliphatic heterocycles. The molecule has 2 aromatic carbocycles. The number of allylic oxidation sites excluding steroid dienone is 1. The van der Waals surface area contributed by atoms with Crippen molar-refractivity contribution in [1.29, 1.82) is 0 Å². The number of carbonyl (C=O) groups is 1. The van der Waals surface area contributed by atoms with Crippen LogP contribution in [0.5, 0.6) is 5.75 Å². The second kappa shape index (κ2) is 10.9. The Morgan fingerprint density at radius 1 is 1.03 bits per heavy atom. The third-order valence-corrected chi connectivity index (χ3v) is 8.72. The quantitative estimate of drug-likeness (QED) is 0.389. The maximum atomic E-state index is 14.0. The average molecular weight is 502 g/mol. The van der Waals surface area contributed by atoms with Gasteiger partial charge in [-0.05, 0) is 80.8 Å². The second-order valence-corrected chi connectivity index (χ2v) is 10.8. The number of fused-ring (bicyclic) bond motifs is 1. The molecule has 0 bridgehead atoms. The average Bonchev–Trinajstić information content (AvgIpc) is 3.40. The minimum absolute atomic E-state index is 0.133. The Hall–Kier alpha value is -3.45. The highest BCUT2D eigenvalue weighted by Gasteiger charge is 2.44. The van der Waals surface area contributed by atoms with Crippen LogP contribution in [0.2, 0.25) is 0 Å². The number of benzene rings is 2.